The third-order valence-corrected chi connectivity index (χ3v) is 6.70. The summed E-state index contributed by atoms with van der Waals surface area (Å²) in [6.45, 7) is 10.2. The molecule has 1 aliphatic heterocycles. The fraction of sp³-hybridized carbons (Fsp3) is 0.370. The summed E-state index contributed by atoms with van der Waals surface area (Å²) in [7, 11) is 1.57. The molecule has 3 heterocycles. The quantitative estimate of drug-likeness (QED) is 0.570. The molecule has 7 nitrogen and oxygen atoms in total. The van der Waals surface area contributed by atoms with E-state index in [1.165, 1.54) is 0 Å². The zero-order chi connectivity index (χ0) is 24.6. The smallest absolute Gasteiger partial charge is 0.253 e. The summed E-state index contributed by atoms with van der Waals surface area (Å²) in [6, 6.07) is 9.32. The maximum absolute atomic E-state index is 13.2. The number of nitrogens with zero attached hydrogens (tertiary/aromatic N) is 1. The Balaban J connectivity index is 1.70. The predicted octanol–water partition coefficient (Wildman–Crippen LogP) is 4.34. The molecule has 178 valence electrons. The average molecular weight is 462 g/mol. The number of nitrogens with one attached hydrogen (secondary N) is 2. The van der Waals surface area contributed by atoms with Gasteiger partial charge in [0.1, 0.15) is 11.4 Å². The molecule has 0 fully saturated rings. The van der Waals surface area contributed by atoms with Crippen LogP contribution in [0.15, 0.2) is 41.3 Å². The minimum Gasteiger partial charge on any atom is -0.486 e. The summed E-state index contributed by atoms with van der Waals surface area (Å²) in [6.07, 6.45) is 2.42. The van der Waals surface area contributed by atoms with Gasteiger partial charge < -0.3 is 19.8 Å². The van der Waals surface area contributed by atoms with Gasteiger partial charge in [-0.05, 0) is 62.1 Å². The van der Waals surface area contributed by atoms with Crippen LogP contribution in [0.4, 0.5) is 0 Å². The monoisotopic (exact) mass is 461 g/mol. The Morgan fingerprint density at radius 2 is 2.03 bits per heavy atom. The predicted molar refractivity (Wildman–Crippen MR) is 132 cm³/mol. The molecule has 1 unspecified atom stereocenters. The Morgan fingerprint density at radius 3 is 2.65 bits per heavy atom. The number of aromatic amines is 1. The number of pyridine rings is 2. The lowest BCUT2D eigenvalue weighted by Gasteiger charge is -2.28. The third kappa shape index (κ3) is 4.42. The Labute approximate surface area is 199 Å². The number of fused-ring (bicyclic) bond motifs is 1. The van der Waals surface area contributed by atoms with E-state index in [1.54, 1.807) is 19.4 Å². The van der Waals surface area contributed by atoms with Gasteiger partial charge in [-0.1, -0.05) is 13.8 Å². The van der Waals surface area contributed by atoms with E-state index in [1.807, 2.05) is 38.1 Å². The van der Waals surface area contributed by atoms with Crippen LogP contribution >= 0.6 is 0 Å². The highest BCUT2D eigenvalue weighted by Crippen LogP contribution is 2.45. The van der Waals surface area contributed by atoms with E-state index >= 15 is 0 Å². The van der Waals surface area contributed by atoms with Crippen LogP contribution in [0.3, 0.4) is 0 Å². The number of methoxy groups -OCH3 is 1. The molecule has 0 spiro atoms. The molecule has 7 heteroatoms. The first-order valence-corrected chi connectivity index (χ1v) is 11.4. The largest absolute Gasteiger partial charge is 0.486 e. The summed E-state index contributed by atoms with van der Waals surface area (Å²) in [4.78, 5) is 32.7. The molecule has 1 aromatic carbocycles. The number of hydrogen-bond donors (Lipinski definition) is 2. The molecule has 4 rings (SSSR count). The third-order valence-electron chi connectivity index (χ3n) is 6.70. The van der Waals surface area contributed by atoms with E-state index < -0.39 is 0 Å². The van der Waals surface area contributed by atoms with E-state index in [2.05, 4.69) is 36.1 Å². The van der Waals surface area contributed by atoms with Crippen LogP contribution in [-0.4, -0.2) is 28.6 Å². The number of aryl methyl sites for hydroxylation is 2. The van der Waals surface area contributed by atoms with Crippen LogP contribution in [-0.2, 0) is 13.0 Å². The van der Waals surface area contributed by atoms with Crippen molar-refractivity contribution in [3.05, 3.63) is 74.8 Å². The van der Waals surface area contributed by atoms with Gasteiger partial charge in [-0.3, -0.25) is 9.59 Å². The van der Waals surface area contributed by atoms with Crippen LogP contribution in [0.5, 0.6) is 11.6 Å². The van der Waals surface area contributed by atoms with Crippen molar-refractivity contribution in [3.63, 3.8) is 0 Å². The van der Waals surface area contributed by atoms with Crippen molar-refractivity contribution in [2.45, 2.75) is 53.2 Å². The van der Waals surface area contributed by atoms with Crippen molar-refractivity contribution in [2.75, 3.05) is 7.11 Å². The first kappa shape index (κ1) is 23.5. The normalized spacial score (nSPS) is 16.8. The summed E-state index contributed by atoms with van der Waals surface area (Å²) in [5.74, 6) is 1.34. The van der Waals surface area contributed by atoms with Crippen LogP contribution in [0.25, 0.3) is 11.1 Å². The van der Waals surface area contributed by atoms with Crippen molar-refractivity contribution < 1.29 is 14.3 Å². The van der Waals surface area contributed by atoms with Crippen molar-refractivity contribution in [3.8, 4) is 22.8 Å². The number of benzene rings is 1. The van der Waals surface area contributed by atoms with Crippen LogP contribution in [0.1, 0.15) is 53.5 Å². The average Bonchev–Trinajstić information content (AvgIpc) is 3.15. The topological polar surface area (TPSA) is 93.3 Å². The molecule has 2 N–H and O–H groups in total. The maximum Gasteiger partial charge on any atom is 0.253 e. The lowest BCUT2D eigenvalue weighted by molar-refractivity contribution is 0.0651. The van der Waals surface area contributed by atoms with Gasteiger partial charge in [0.15, 0.2) is 0 Å². The molecule has 2 aromatic heterocycles. The molecule has 3 aromatic rings. The van der Waals surface area contributed by atoms with Crippen molar-refractivity contribution in [1.29, 1.82) is 0 Å². The lowest BCUT2D eigenvalue weighted by Crippen LogP contribution is -2.36. The fourth-order valence-corrected chi connectivity index (χ4v) is 4.29. The number of aromatic nitrogens is 2. The molecule has 1 atom stereocenters. The Kier molecular flexibility index (Phi) is 6.21. The Bertz CT molecular complexity index is 1290. The molecule has 0 radical (unpaired) electrons. The first-order valence-electron chi connectivity index (χ1n) is 11.4. The maximum atomic E-state index is 13.2. The van der Waals surface area contributed by atoms with Crippen molar-refractivity contribution >= 4 is 5.91 Å². The second-order valence-electron chi connectivity index (χ2n) is 9.47. The summed E-state index contributed by atoms with van der Waals surface area (Å²) in [5, 5.41) is 2.91. The summed E-state index contributed by atoms with van der Waals surface area (Å²) < 4.78 is 11.7. The molecular formula is C27H31N3O4. The van der Waals surface area contributed by atoms with Crippen molar-refractivity contribution in [1.82, 2.24) is 15.3 Å². The van der Waals surface area contributed by atoms with Gasteiger partial charge in [-0.2, -0.15) is 0 Å². The van der Waals surface area contributed by atoms with Gasteiger partial charge in [-0.15, -0.1) is 0 Å². The molecular weight excluding hydrogens is 430 g/mol. The van der Waals surface area contributed by atoms with Crippen LogP contribution < -0.4 is 20.3 Å². The van der Waals surface area contributed by atoms with Gasteiger partial charge in [0.05, 0.1) is 7.11 Å². The van der Waals surface area contributed by atoms with E-state index in [-0.39, 0.29) is 29.5 Å². The van der Waals surface area contributed by atoms with Crippen LogP contribution in [0.2, 0.25) is 0 Å². The number of rotatable bonds is 6. The first-order chi connectivity index (χ1) is 16.1. The van der Waals surface area contributed by atoms with Crippen molar-refractivity contribution in [2.24, 2.45) is 5.92 Å². The van der Waals surface area contributed by atoms with E-state index in [9.17, 15) is 9.59 Å². The summed E-state index contributed by atoms with van der Waals surface area (Å²) >= 11 is 0. The van der Waals surface area contributed by atoms with Crippen LogP contribution in [0, 0.1) is 19.8 Å². The molecule has 0 saturated heterocycles. The number of ether oxygens (including phenoxy) is 2. The zero-order valence-electron chi connectivity index (χ0n) is 20.5. The standard InChI is InChI=1S/C27H31N3O4/c1-15(2)27(5)12-20-10-19(25(31)29-14-22-16(3)9-17(4)30-26(22)32)11-21(24(20)34-27)18-7-8-23(33-6)28-13-18/h7-11,13,15H,12,14H2,1-6H3,(H,29,31)(H,30,32). The highest BCUT2D eigenvalue weighted by molar-refractivity contribution is 5.96. The number of carbonyl (C=O) groups excluding carboxylic acids is 1. The number of hydrogen-bond acceptors (Lipinski definition) is 5. The van der Waals surface area contributed by atoms with Gasteiger partial charge in [-0.25, -0.2) is 4.98 Å². The fourth-order valence-electron chi connectivity index (χ4n) is 4.29. The lowest BCUT2D eigenvalue weighted by atomic mass is 9.87. The molecule has 0 saturated carbocycles. The summed E-state index contributed by atoms with van der Waals surface area (Å²) in [5.41, 5.74) is 4.80. The molecule has 0 bridgehead atoms. The van der Waals surface area contributed by atoms with E-state index in [0.717, 1.165) is 33.7 Å². The number of H-pyrrole nitrogens is 1. The number of carbonyl (C=O) groups is 1. The zero-order valence-corrected chi connectivity index (χ0v) is 20.5. The molecule has 0 aliphatic carbocycles. The highest BCUT2D eigenvalue weighted by Gasteiger charge is 2.39. The molecule has 1 aliphatic rings. The highest BCUT2D eigenvalue weighted by atomic mass is 16.5. The van der Waals surface area contributed by atoms with Gasteiger partial charge >= 0.3 is 0 Å². The van der Waals surface area contributed by atoms with E-state index in [0.29, 0.717) is 23.4 Å². The molecule has 34 heavy (non-hydrogen) atoms. The second kappa shape index (κ2) is 8.97. The number of amides is 1. The van der Waals surface area contributed by atoms with Gasteiger partial charge in [0.2, 0.25) is 5.88 Å². The Morgan fingerprint density at radius 1 is 1.26 bits per heavy atom. The SMILES string of the molecule is COc1ccc(-c2cc(C(=O)NCc3c(C)cc(C)[nH]c3=O)cc3c2OC(C)(C(C)C)C3)cn1. The van der Waals surface area contributed by atoms with E-state index in [4.69, 9.17) is 9.47 Å². The molecule has 1 amide bonds. The minimum atomic E-state index is -0.363. The van der Waals surface area contributed by atoms with Gasteiger partial charge in [0.25, 0.3) is 11.5 Å². The second-order valence-corrected chi connectivity index (χ2v) is 9.47. The minimum absolute atomic E-state index is 0.150. The Hall–Kier alpha value is -3.61. The van der Waals surface area contributed by atoms with Gasteiger partial charge in [0, 0.05) is 53.2 Å².